The Labute approximate surface area is 71.7 Å². The fourth-order valence-corrected chi connectivity index (χ4v) is 1.01. The predicted octanol–water partition coefficient (Wildman–Crippen LogP) is 2.45. The first-order valence-corrected chi connectivity index (χ1v) is 3.79. The van der Waals surface area contributed by atoms with Gasteiger partial charge in [-0.25, -0.2) is 4.39 Å². The lowest BCUT2D eigenvalue weighted by Gasteiger charge is -2.00. The fourth-order valence-electron chi connectivity index (χ4n) is 1.01. The van der Waals surface area contributed by atoms with Gasteiger partial charge >= 0.3 is 0 Å². The summed E-state index contributed by atoms with van der Waals surface area (Å²) in [6.45, 7) is 3.71. The Morgan fingerprint density at radius 3 is 2.75 bits per heavy atom. The van der Waals surface area contributed by atoms with E-state index in [4.69, 9.17) is 5.73 Å². The SMILES string of the molecule is C/C(N)=C\c1cc(F)ccc1C. The lowest BCUT2D eigenvalue weighted by atomic mass is 10.1. The van der Waals surface area contributed by atoms with Gasteiger partial charge in [-0.2, -0.15) is 0 Å². The summed E-state index contributed by atoms with van der Waals surface area (Å²) < 4.78 is 12.7. The molecule has 0 radical (unpaired) electrons. The molecule has 12 heavy (non-hydrogen) atoms. The Kier molecular flexibility index (Phi) is 2.48. The molecule has 0 saturated carbocycles. The second-order valence-corrected chi connectivity index (χ2v) is 2.89. The van der Waals surface area contributed by atoms with E-state index in [1.54, 1.807) is 19.1 Å². The number of allylic oxidation sites excluding steroid dienone is 1. The quantitative estimate of drug-likeness (QED) is 0.679. The van der Waals surface area contributed by atoms with E-state index in [0.717, 1.165) is 11.1 Å². The van der Waals surface area contributed by atoms with Crippen LogP contribution in [0.1, 0.15) is 18.1 Å². The lowest BCUT2D eigenvalue weighted by Crippen LogP contribution is -1.91. The molecule has 0 aliphatic heterocycles. The second-order valence-electron chi connectivity index (χ2n) is 2.89. The predicted molar refractivity (Wildman–Crippen MR) is 49.0 cm³/mol. The van der Waals surface area contributed by atoms with Crippen molar-refractivity contribution in [1.82, 2.24) is 0 Å². The Morgan fingerprint density at radius 2 is 2.17 bits per heavy atom. The molecule has 2 heteroatoms. The van der Waals surface area contributed by atoms with Crippen molar-refractivity contribution in [3.8, 4) is 0 Å². The summed E-state index contributed by atoms with van der Waals surface area (Å²) >= 11 is 0. The zero-order valence-corrected chi connectivity index (χ0v) is 7.26. The molecule has 0 aliphatic carbocycles. The van der Waals surface area contributed by atoms with Gasteiger partial charge in [-0.3, -0.25) is 0 Å². The van der Waals surface area contributed by atoms with E-state index in [9.17, 15) is 4.39 Å². The van der Waals surface area contributed by atoms with Crippen LogP contribution >= 0.6 is 0 Å². The Hall–Kier alpha value is -1.31. The minimum absolute atomic E-state index is 0.229. The van der Waals surface area contributed by atoms with Gasteiger partial charge in [0.1, 0.15) is 5.82 Å². The summed E-state index contributed by atoms with van der Waals surface area (Å²) in [4.78, 5) is 0. The van der Waals surface area contributed by atoms with E-state index in [1.807, 2.05) is 6.92 Å². The molecule has 0 fully saturated rings. The highest BCUT2D eigenvalue weighted by Gasteiger charge is 1.96. The van der Waals surface area contributed by atoms with Gasteiger partial charge in [0.05, 0.1) is 0 Å². The number of halogens is 1. The van der Waals surface area contributed by atoms with Gasteiger partial charge in [0, 0.05) is 5.70 Å². The van der Waals surface area contributed by atoms with Gasteiger partial charge in [0.15, 0.2) is 0 Å². The number of hydrogen-bond donors (Lipinski definition) is 1. The van der Waals surface area contributed by atoms with E-state index in [-0.39, 0.29) is 5.82 Å². The molecule has 0 heterocycles. The smallest absolute Gasteiger partial charge is 0.123 e. The van der Waals surface area contributed by atoms with Crippen LogP contribution in [0.15, 0.2) is 23.9 Å². The molecule has 0 bridgehead atoms. The molecule has 0 atom stereocenters. The molecule has 0 spiro atoms. The van der Waals surface area contributed by atoms with Crippen molar-refractivity contribution < 1.29 is 4.39 Å². The third-order valence-corrected chi connectivity index (χ3v) is 1.62. The summed E-state index contributed by atoms with van der Waals surface area (Å²) in [7, 11) is 0. The Bertz CT molecular complexity index is 312. The molecule has 1 aromatic rings. The van der Waals surface area contributed by atoms with Crippen LogP contribution in [0.3, 0.4) is 0 Å². The molecule has 0 amide bonds. The number of rotatable bonds is 1. The molecule has 1 rings (SSSR count). The van der Waals surface area contributed by atoms with E-state index in [1.165, 1.54) is 12.1 Å². The number of aryl methyl sites for hydroxylation is 1. The maximum absolute atomic E-state index is 12.7. The molecule has 64 valence electrons. The maximum atomic E-state index is 12.7. The lowest BCUT2D eigenvalue weighted by molar-refractivity contribution is 0.627. The summed E-state index contributed by atoms with van der Waals surface area (Å²) in [5.41, 5.74) is 8.04. The van der Waals surface area contributed by atoms with Crippen LogP contribution in [0.2, 0.25) is 0 Å². The van der Waals surface area contributed by atoms with Gasteiger partial charge in [-0.15, -0.1) is 0 Å². The second kappa shape index (κ2) is 3.39. The monoisotopic (exact) mass is 165 g/mol. The van der Waals surface area contributed by atoms with Gasteiger partial charge in [0.25, 0.3) is 0 Å². The average Bonchev–Trinajstić information content (AvgIpc) is 1.96. The first-order valence-electron chi connectivity index (χ1n) is 3.79. The highest BCUT2D eigenvalue weighted by atomic mass is 19.1. The van der Waals surface area contributed by atoms with E-state index in [0.29, 0.717) is 5.70 Å². The largest absolute Gasteiger partial charge is 0.402 e. The zero-order valence-electron chi connectivity index (χ0n) is 7.26. The first kappa shape index (κ1) is 8.78. The van der Waals surface area contributed by atoms with Crippen LogP contribution < -0.4 is 5.73 Å². The average molecular weight is 165 g/mol. The van der Waals surface area contributed by atoms with Crippen molar-refractivity contribution in [2.45, 2.75) is 13.8 Å². The highest BCUT2D eigenvalue weighted by Crippen LogP contribution is 2.12. The molecular formula is C10H12FN. The van der Waals surface area contributed by atoms with Crippen LogP contribution in [0.25, 0.3) is 6.08 Å². The van der Waals surface area contributed by atoms with E-state index < -0.39 is 0 Å². The first-order chi connectivity index (χ1) is 5.59. The van der Waals surface area contributed by atoms with Gasteiger partial charge in [-0.1, -0.05) is 6.07 Å². The van der Waals surface area contributed by atoms with Gasteiger partial charge in [-0.05, 0) is 43.2 Å². The third-order valence-electron chi connectivity index (χ3n) is 1.62. The summed E-state index contributed by atoms with van der Waals surface area (Å²) in [5, 5.41) is 0. The number of hydrogen-bond acceptors (Lipinski definition) is 1. The Morgan fingerprint density at radius 1 is 1.50 bits per heavy atom. The van der Waals surface area contributed by atoms with Crippen LogP contribution in [0, 0.1) is 12.7 Å². The van der Waals surface area contributed by atoms with Gasteiger partial charge in [0.2, 0.25) is 0 Å². The normalized spacial score (nSPS) is 11.8. The number of nitrogens with two attached hydrogens (primary N) is 1. The van der Waals surface area contributed by atoms with E-state index in [2.05, 4.69) is 0 Å². The van der Waals surface area contributed by atoms with Crippen molar-refractivity contribution in [2.75, 3.05) is 0 Å². The molecule has 0 aliphatic rings. The van der Waals surface area contributed by atoms with Crippen LogP contribution in [0.5, 0.6) is 0 Å². The number of benzene rings is 1. The van der Waals surface area contributed by atoms with Crippen molar-refractivity contribution in [3.05, 3.63) is 40.8 Å². The maximum Gasteiger partial charge on any atom is 0.123 e. The van der Waals surface area contributed by atoms with Gasteiger partial charge < -0.3 is 5.73 Å². The fraction of sp³-hybridized carbons (Fsp3) is 0.200. The molecule has 0 unspecified atom stereocenters. The zero-order chi connectivity index (χ0) is 9.14. The molecule has 1 aromatic carbocycles. The molecule has 1 nitrogen and oxygen atoms in total. The molecule has 0 saturated heterocycles. The van der Waals surface area contributed by atoms with Crippen molar-refractivity contribution in [1.29, 1.82) is 0 Å². The minimum Gasteiger partial charge on any atom is -0.402 e. The topological polar surface area (TPSA) is 26.0 Å². The third kappa shape index (κ3) is 2.09. The molecule has 2 N–H and O–H groups in total. The summed E-state index contributed by atoms with van der Waals surface area (Å²) in [6, 6.07) is 4.66. The summed E-state index contributed by atoms with van der Waals surface area (Å²) in [6.07, 6.45) is 1.76. The van der Waals surface area contributed by atoms with E-state index >= 15 is 0 Å². The van der Waals surface area contributed by atoms with Crippen molar-refractivity contribution in [2.24, 2.45) is 5.73 Å². The van der Waals surface area contributed by atoms with Crippen LogP contribution in [0.4, 0.5) is 4.39 Å². The van der Waals surface area contributed by atoms with Crippen LogP contribution in [-0.4, -0.2) is 0 Å². The van der Waals surface area contributed by atoms with Crippen molar-refractivity contribution >= 4 is 6.08 Å². The highest BCUT2D eigenvalue weighted by molar-refractivity contribution is 5.55. The minimum atomic E-state index is -0.229. The molecule has 0 aromatic heterocycles. The molecular weight excluding hydrogens is 153 g/mol. The standard InChI is InChI=1S/C10H12FN/c1-7-3-4-10(11)6-9(7)5-8(2)12/h3-6H,12H2,1-2H3/b8-5+. The summed E-state index contributed by atoms with van der Waals surface area (Å²) in [5.74, 6) is -0.229. The van der Waals surface area contributed by atoms with Crippen molar-refractivity contribution in [3.63, 3.8) is 0 Å². The van der Waals surface area contributed by atoms with Crippen LogP contribution in [-0.2, 0) is 0 Å². The Balaban J connectivity index is 3.14.